The summed E-state index contributed by atoms with van der Waals surface area (Å²) in [5.41, 5.74) is 3.52. The van der Waals surface area contributed by atoms with Gasteiger partial charge in [-0.1, -0.05) is 51.1 Å². The molecule has 0 amide bonds. The molecule has 3 aromatic carbocycles. The first-order chi connectivity index (χ1) is 13.7. The number of anilines is 1. The van der Waals surface area contributed by atoms with Gasteiger partial charge in [-0.05, 0) is 47.4 Å². The van der Waals surface area contributed by atoms with Crippen molar-refractivity contribution in [2.75, 3.05) is 4.72 Å². The summed E-state index contributed by atoms with van der Waals surface area (Å²) in [6, 6.07) is 21.6. The molecule has 0 atom stereocenters. The van der Waals surface area contributed by atoms with Crippen molar-refractivity contribution >= 4 is 26.8 Å². The quantitative estimate of drug-likeness (QED) is 0.479. The third kappa shape index (κ3) is 4.03. The minimum Gasteiger partial charge on any atom is -0.436 e. The third-order valence-electron chi connectivity index (χ3n) is 4.69. The summed E-state index contributed by atoms with van der Waals surface area (Å²) >= 11 is 0. The number of fused-ring (bicyclic) bond motifs is 1. The number of nitrogens with one attached hydrogen (secondary N) is 1. The molecule has 1 aromatic heterocycles. The lowest BCUT2D eigenvalue weighted by molar-refractivity contribution is 0.587. The second kappa shape index (κ2) is 7.04. The van der Waals surface area contributed by atoms with E-state index in [0.29, 0.717) is 22.7 Å². The van der Waals surface area contributed by atoms with Gasteiger partial charge >= 0.3 is 0 Å². The molecular weight excluding hydrogens is 384 g/mol. The molecule has 1 N–H and O–H groups in total. The van der Waals surface area contributed by atoms with Crippen LogP contribution in [0.15, 0.2) is 82.1 Å². The van der Waals surface area contributed by atoms with Crippen molar-refractivity contribution in [2.45, 2.75) is 31.1 Å². The zero-order valence-corrected chi connectivity index (χ0v) is 17.3. The zero-order valence-electron chi connectivity index (χ0n) is 16.5. The summed E-state index contributed by atoms with van der Waals surface area (Å²) < 4.78 is 34.0. The van der Waals surface area contributed by atoms with Gasteiger partial charge in [0, 0.05) is 11.6 Å². The summed E-state index contributed by atoms with van der Waals surface area (Å²) in [4.78, 5) is 4.68. The van der Waals surface area contributed by atoms with Crippen molar-refractivity contribution in [3.63, 3.8) is 0 Å². The van der Waals surface area contributed by atoms with Crippen LogP contribution < -0.4 is 4.72 Å². The molecular formula is C23H22N2O3S. The lowest BCUT2D eigenvalue weighted by atomic mass is 9.87. The van der Waals surface area contributed by atoms with Crippen LogP contribution in [0.4, 0.5) is 5.69 Å². The van der Waals surface area contributed by atoms with Gasteiger partial charge in [0.2, 0.25) is 5.89 Å². The van der Waals surface area contributed by atoms with Crippen molar-refractivity contribution in [1.29, 1.82) is 0 Å². The normalized spacial score (nSPS) is 12.2. The maximum Gasteiger partial charge on any atom is 0.261 e. The highest BCUT2D eigenvalue weighted by Gasteiger charge is 2.18. The Morgan fingerprint density at radius 3 is 2.24 bits per heavy atom. The highest BCUT2D eigenvalue weighted by atomic mass is 32.2. The summed E-state index contributed by atoms with van der Waals surface area (Å²) in [7, 11) is -3.70. The Kier molecular flexibility index (Phi) is 4.67. The number of hydrogen-bond acceptors (Lipinski definition) is 4. The molecule has 0 saturated heterocycles. The Bertz CT molecular complexity index is 1250. The molecule has 148 valence electrons. The second-order valence-corrected chi connectivity index (χ2v) is 9.63. The molecule has 4 rings (SSSR count). The van der Waals surface area contributed by atoms with E-state index in [1.165, 1.54) is 0 Å². The van der Waals surface area contributed by atoms with E-state index in [4.69, 9.17) is 4.42 Å². The molecule has 0 radical (unpaired) electrons. The van der Waals surface area contributed by atoms with Gasteiger partial charge in [0.05, 0.1) is 10.6 Å². The molecule has 29 heavy (non-hydrogen) atoms. The Hall–Kier alpha value is -3.12. The van der Waals surface area contributed by atoms with Crippen LogP contribution in [0.5, 0.6) is 0 Å². The van der Waals surface area contributed by atoms with E-state index in [1.807, 2.05) is 42.5 Å². The van der Waals surface area contributed by atoms with Crippen LogP contribution in [0, 0.1) is 0 Å². The maximum atomic E-state index is 12.8. The highest BCUT2D eigenvalue weighted by molar-refractivity contribution is 7.92. The van der Waals surface area contributed by atoms with Crippen LogP contribution in [0.2, 0.25) is 0 Å². The summed E-state index contributed by atoms with van der Waals surface area (Å²) in [5.74, 6) is 0.498. The van der Waals surface area contributed by atoms with Crippen molar-refractivity contribution in [1.82, 2.24) is 4.98 Å². The number of aromatic nitrogens is 1. The molecule has 0 saturated carbocycles. The van der Waals surface area contributed by atoms with E-state index < -0.39 is 10.0 Å². The minimum absolute atomic E-state index is 0.0382. The first kappa shape index (κ1) is 19.2. The first-order valence-corrected chi connectivity index (χ1v) is 10.8. The number of benzene rings is 3. The van der Waals surface area contributed by atoms with E-state index >= 15 is 0 Å². The number of hydrogen-bond donors (Lipinski definition) is 1. The van der Waals surface area contributed by atoms with Crippen LogP contribution in [0.25, 0.3) is 22.6 Å². The van der Waals surface area contributed by atoms with E-state index in [9.17, 15) is 8.42 Å². The predicted molar refractivity (Wildman–Crippen MR) is 115 cm³/mol. The van der Waals surface area contributed by atoms with Gasteiger partial charge in [-0.15, -0.1) is 0 Å². The molecule has 0 aliphatic carbocycles. The van der Waals surface area contributed by atoms with Crippen molar-refractivity contribution in [3.8, 4) is 11.5 Å². The van der Waals surface area contributed by atoms with Gasteiger partial charge in [-0.25, -0.2) is 13.4 Å². The van der Waals surface area contributed by atoms with Gasteiger partial charge in [0.25, 0.3) is 10.0 Å². The second-order valence-electron chi connectivity index (χ2n) is 7.95. The first-order valence-electron chi connectivity index (χ1n) is 9.32. The molecule has 0 aliphatic rings. The van der Waals surface area contributed by atoms with E-state index in [-0.39, 0.29) is 10.3 Å². The van der Waals surface area contributed by atoms with Gasteiger partial charge in [-0.3, -0.25) is 4.72 Å². The fourth-order valence-corrected chi connectivity index (χ4v) is 4.09. The Labute approximate surface area is 170 Å². The Morgan fingerprint density at radius 2 is 1.59 bits per heavy atom. The van der Waals surface area contributed by atoms with E-state index in [0.717, 1.165) is 11.1 Å². The van der Waals surface area contributed by atoms with Crippen molar-refractivity contribution in [3.05, 3.63) is 78.4 Å². The Balaban J connectivity index is 1.61. The number of sulfonamides is 1. The van der Waals surface area contributed by atoms with Gasteiger partial charge in [0.1, 0.15) is 5.52 Å². The van der Waals surface area contributed by atoms with Gasteiger partial charge in [0.15, 0.2) is 5.58 Å². The molecule has 0 fully saturated rings. The summed E-state index contributed by atoms with van der Waals surface area (Å²) in [6.45, 7) is 6.27. The zero-order chi connectivity index (χ0) is 20.6. The van der Waals surface area contributed by atoms with E-state index in [1.54, 1.807) is 30.3 Å². The third-order valence-corrected chi connectivity index (χ3v) is 6.09. The van der Waals surface area contributed by atoms with Crippen LogP contribution in [0.1, 0.15) is 26.3 Å². The largest absolute Gasteiger partial charge is 0.436 e. The monoisotopic (exact) mass is 406 g/mol. The van der Waals surface area contributed by atoms with Crippen molar-refractivity contribution < 1.29 is 12.8 Å². The summed E-state index contributed by atoms with van der Waals surface area (Å²) in [5, 5.41) is 0. The fourth-order valence-electron chi connectivity index (χ4n) is 3.04. The summed E-state index contributed by atoms with van der Waals surface area (Å²) in [6.07, 6.45) is 0. The van der Waals surface area contributed by atoms with Crippen molar-refractivity contribution in [2.24, 2.45) is 0 Å². The smallest absolute Gasteiger partial charge is 0.261 e. The fraction of sp³-hybridized carbons (Fsp3) is 0.174. The van der Waals surface area contributed by atoms with Crippen LogP contribution in [-0.4, -0.2) is 13.4 Å². The Morgan fingerprint density at radius 1 is 0.897 bits per heavy atom. The lowest BCUT2D eigenvalue weighted by Crippen LogP contribution is -2.14. The molecule has 1 heterocycles. The van der Waals surface area contributed by atoms with Crippen LogP contribution >= 0.6 is 0 Å². The molecule has 0 unspecified atom stereocenters. The van der Waals surface area contributed by atoms with E-state index in [2.05, 4.69) is 30.5 Å². The number of nitrogens with zero attached hydrogens (tertiary/aromatic N) is 1. The number of rotatable bonds is 4. The molecule has 6 heteroatoms. The lowest BCUT2D eigenvalue weighted by Gasteiger charge is -2.19. The molecule has 5 nitrogen and oxygen atoms in total. The van der Waals surface area contributed by atoms with Crippen LogP contribution in [0.3, 0.4) is 0 Å². The molecule has 0 bridgehead atoms. The predicted octanol–water partition coefficient (Wildman–Crippen LogP) is 5.59. The minimum atomic E-state index is -3.70. The average Bonchev–Trinajstić information content (AvgIpc) is 3.11. The van der Waals surface area contributed by atoms with Gasteiger partial charge in [-0.2, -0.15) is 0 Å². The average molecular weight is 407 g/mol. The van der Waals surface area contributed by atoms with Gasteiger partial charge < -0.3 is 4.42 Å². The SMILES string of the molecule is CC(C)(C)c1ccc(S(=O)(=O)Nc2ccc3nc(-c4ccccc4)oc3c2)cc1. The number of oxazole rings is 1. The standard InChI is InChI=1S/C23H22N2O3S/c1-23(2,3)17-9-12-19(13-10-17)29(26,27)25-18-11-14-20-21(15-18)28-22(24-20)16-7-5-4-6-8-16/h4-15,25H,1-3H3. The highest BCUT2D eigenvalue weighted by Crippen LogP contribution is 2.28. The maximum absolute atomic E-state index is 12.8. The topological polar surface area (TPSA) is 72.2 Å². The molecule has 0 spiro atoms. The molecule has 0 aliphatic heterocycles. The van der Waals surface area contributed by atoms with Crippen LogP contribution in [-0.2, 0) is 15.4 Å². The molecule has 4 aromatic rings.